The highest BCUT2D eigenvalue weighted by Gasteiger charge is 2.12. The van der Waals surface area contributed by atoms with Crippen molar-refractivity contribution in [2.24, 2.45) is 0 Å². The minimum Gasteiger partial charge on any atom is -0.256 e. The van der Waals surface area contributed by atoms with E-state index in [1.54, 1.807) is 0 Å². The molecule has 0 aliphatic carbocycles. The Morgan fingerprint density at radius 1 is 0.545 bits per heavy atom. The van der Waals surface area contributed by atoms with E-state index in [2.05, 4.69) is 46.4 Å². The molecule has 2 heteroatoms. The molecule has 0 bridgehead atoms. The quantitative estimate of drug-likeness (QED) is 0.519. The topological polar surface area (TPSA) is 25.8 Å². The molecule has 2 heterocycles. The first-order valence-electron chi connectivity index (χ1n) is 7.28. The van der Waals surface area contributed by atoms with E-state index in [0.29, 0.717) is 0 Å². The molecule has 0 spiro atoms. The van der Waals surface area contributed by atoms with E-state index in [1.165, 1.54) is 10.8 Å². The van der Waals surface area contributed by atoms with Gasteiger partial charge in [-0.05, 0) is 35.0 Å². The van der Waals surface area contributed by atoms with Gasteiger partial charge in [-0.25, -0.2) is 0 Å². The van der Waals surface area contributed by atoms with Gasteiger partial charge in [-0.15, -0.1) is 0 Å². The maximum Gasteiger partial charge on any atom is 0.0715 e. The van der Waals surface area contributed by atoms with Gasteiger partial charge in [0.1, 0.15) is 0 Å². The Kier molecular flexibility index (Phi) is 3.13. The molecule has 0 amide bonds. The lowest BCUT2D eigenvalue weighted by Crippen LogP contribution is -1.91. The van der Waals surface area contributed by atoms with Gasteiger partial charge < -0.3 is 0 Å². The van der Waals surface area contributed by atoms with Crippen molar-refractivity contribution >= 4 is 10.8 Å². The van der Waals surface area contributed by atoms with Crippen molar-refractivity contribution in [3.05, 3.63) is 85.2 Å². The maximum atomic E-state index is 4.56. The van der Waals surface area contributed by atoms with Crippen molar-refractivity contribution in [1.29, 1.82) is 0 Å². The minimum absolute atomic E-state index is 0.967. The monoisotopic (exact) mass is 282 g/mol. The predicted octanol–water partition coefficient (Wildman–Crippen LogP) is 4.96. The molecule has 0 unspecified atom stereocenters. The normalized spacial score (nSPS) is 10.7. The first-order chi connectivity index (χ1) is 10.9. The number of hydrogen-bond acceptors (Lipinski definition) is 2. The molecule has 0 aliphatic heterocycles. The maximum absolute atomic E-state index is 4.56. The summed E-state index contributed by atoms with van der Waals surface area (Å²) in [7, 11) is 0. The Balaban J connectivity index is 2.09. The average molecular weight is 282 g/mol. The molecule has 0 atom stereocenters. The molecular weight excluding hydrogens is 268 g/mol. The van der Waals surface area contributed by atoms with Gasteiger partial charge in [-0.1, -0.05) is 48.5 Å². The molecule has 0 saturated heterocycles. The van der Waals surface area contributed by atoms with Crippen LogP contribution in [0.2, 0.25) is 0 Å². The van der Waals surface area contributed by atoms with Gasteiger partial charge in [0.15, 0.2) is 0 Å². The van der Waals surface area contributed by atoms with Gasteiger partial charge in [0.2, 0.25) is 0 Å². The van der Waals surface area contributed by atoms with Gasteiger partial charge >= 0.3 is 0 Å². The van der Waals surface area contributed by atoms with Gasteiger partial charge in [0.05, 0.1) is 11.4 Å². The minimum atomic E-state index is 0.967. The fourth-order valence-corrected chi connectivity index (χ4v) is 2.79. The largest absolute Gasteiger partial charge is 0.256 e. The molecule has 4 aromatic rings. The van der Waals surface area contributed by atoms with Crippen LogP contribution < -0.4 is 0 Å². The number of rotatable bonds is 2. The molecule has 0 fully saturated rings. The van der Waals surface area contributed by atoms with Gasteiger partial charge in [0, 0.05) is 23.5 Å². The first-order valence-corrected chi connectivity index (χ1v) is 7.28. The first kappa shape index (κ1) is 12.7. The standard InChI is InChI=1S/C20H14N2/c1-2-8-16-15(7-1)11-12-17(18-9-3-5-13-21-18)20(16)19-10-4-6-14-22-19/h1-14H. The molecule has 2 aromatic heterocycles. The van der Waals surface area contributed by atoms with E-state index >= 15 is 0 Å². The summed E-state index contributed by atoms with van der Waals surface area (Å²) in [6, 6.07) is 24.7. The third kappa shape index (κ3) is 2.15. The summed E-state index contributed by atoms with van der Waals surface area (Å²) in [6.45, 7) is 0. The van der Waals surface area contributed by atoms with Crippen molar-refractivity contribution < 1.29 is 0 Å². The molecule has 4 rings (SSSR count). The van der Waals surface area contributed by atoms with Crippen LogP contribution >= 0.6 is 0 Å². The summed E-state index contributed by atoms with van der Waals surface area (Å²) in [5, 5.41) is 2.41. The Bertz CT molecular complexity index is 916. The van der Waals surface area contributed by atoms with E-state index in [1.807, 2.05) is 48.8 Å². The summed E-state index contributed by atoms with van der Waals surface area (Å²) in [5.74, 6) is 0. The zero-order chi connectivity index (χ0) is 14.8. The highest BCUT2D eigenvalue weighted by atomic mass is 14.7. The highest BCUT2D eigenvalue weighted by Crippen LogP contribution is 2.36. The Morgan fingerprint density at radius 2 is 1.23 bits per heavy atom. The van der Waals surface area contributed by atoms with E-state index < -0.39 is 0 Å². The second kappa shape index (κ2) is 5.41. The highest BCUT2D eigenvalue weighted by molar-refractivity contribution is 6.02. The van der Waals surface area contributed by atoms with Crippen molar-refractivity contribution in [2.45, 2.75) is 0 Å². The Morgan fingerprint density at radius 3 is 1.95 bits per heavy atom. The lowest BCUT2D eigenvalue weighted by molar-refractivity contribution is 1.31. The third-order valence-corrected chi connectivity index (χ3v) is 3.79. The average Bonchev–Trinajstić information content (AvgIpc) is 2.62. The Labute approximate surface area is 129 Å². The molecule has 0 aliphatic rings. The van der Waals surface area contributed by atoms with Crippen LogP contribution in [0.15, 0.2) is 85.2 Å². The summed E-state index contributed by atoms with van der Waals surface area (Å²) in [6.07, 6.45) is 3.66. The number of aromatic nitrogens is 2. The summed E-state index contributed by atoms with van der Waals surface area (Å²) in [4.78, 5) is 9.07. The number of fused-ring (bicyclic) bond motifs is 1. The van der Waals surface area contributed by atoms with E-state index in [9.17, 15) is 0 Å². The molecule has 2 nitrogen and oxygen atoms in total. The third-order valence-electron chi connectivity index (χ3n) is 3.79. The van der Waals surface area contributed by atoms with Crippen molar-refractivity contribution in [1.82, 2.24) is 9.97 Å². The molecule has 0 saturated carbocycles. The van der Waals surface area contributed by atoms with Crippen LogP contribution in [-0.2, 0) is 0 Å². The van der Waals surface area contributed by atoms with E-state index in [0.717, 1.165) is 22.5 Å². The fourth-order valence-electron chi connectivity index (χ4n) is 2.79. The SMILES string of the molecule is c1ccc(-c2ccc3ccccc3c2-c2ccccn2)nc1. The van der Waals surface area contributed by atoms with Gasteiger partial charge in [-0.3, -0.25) is 9.97 Å². The van der Waals surface area contributed by atoms with Crippen LogP contribution in [0.5, 0.6) is 0 Å². The number of pyridine rings is 2. The second-order valence-corrected chi connectivity index (χ2v) is 5.14. The van der Waals surface area contributed by atoms with Crippen LogP contribution in [0.4, 0.5) is 0 Å². The smallest absolute Gasteiger partial charge is 0.0715 e. The predicted molar refractivity (Wildman–Crippen MR) is 90.4 cm³/mol. The summed E-state index contributed by atoms with van der Waals surface area (Å²) < 4.78 is 0. The molecular formula is C20H14N2. The summed E-state index contributed by atoms with van der Waals surface area (Å²) >= 11 is 0. The lowest BCUT2D eigenvalue weighted by Gasteiger charge is -2.12. The van der Waals surface area contributed by atoms with Gasteiger partial charge in [-0.2, -0.15) is 0 Å². The Hall–Kier alpha value is -3.00. The van der Waals surface area contributed by atoms with Crippen molar-refractivity contribution in [3.63, 3.8) is 0 Å². The van der Waals surface area contributed by atoms with Gasteiger partial charge in [0.25, 0.3) is 0 Å². The second-order valence-electron chi connectivity index (χ2n) is 5.14. The molecule has 2 aromatic carbocycles. The summed E-state index contributed by atoms with van der Waals surface area (Å²) in [5.41, 5.74) is 4.18. The van der Waals surface area contributed by atoms with Crippen LogP contribution in [0.25, 0.3) is 33.3 Å². The fraction of sp³-hybridized carbons (Fsp3) is 0. The van der Waals surface area contributed by atoms with Crippen LogP contribution in [0.1, 0.15) is 0 Å². The lowest BCUT2D eigenvalue weighted by atomic mass is 9.94. The zero-order valence-corrected chi connectivity index (χ0v) is 12.0. The van der Waals surface area contributed by atoms with Crippen LogP contribution in [0, 0.1) is 0 Å². The number of benzene rings is 2. The zero-order valence-electron chi connectivity index (χ0n) is 12.0. The molecule has 0 N–H and O–H groups in total. The number of hydrogen-bond donors (Lipinski definition) is 0. The van der Waals surface area contributed by atoms with Crippen LogP contribution in [0.3, 0.4) is 0 Å². The number of nitrogens with zero attached hydrogens (tertiary/aromatic N) is 2. The van der Waals surface area contributed by atoms with Crippen molar-refractivity contribution in [2.75, 3.05) is 0 Å². The van der Waals surface area contributed by atoms with E-state index in [4.69, 9.17) is 0 Å². The molecule has 22 heavy (non-hydrogen) atoms. The molecule has 0 radical (unpaired) electrons. The molecule has 104 valence electrons. The van der Waals surface area contributed by atoms with Crippen LogP contribution in [-0.4, -0.2) is 9.97 Å². The van der Waals surface area contributed by atoms with Crippen molar-refractivity contribution in [3.8, 4) is 22.5 Å². The van der Waals surface area contributed by atoms with E-state index in [-0.39, 0.29) is 0 Å².